The van der Waals surface area contributed by atoms with Gasteiger partial charge in [-0.25, -0.2) is 4.79 Å². The molecule has 0 saturated carbocycles. The molecule has 23 heavy (non-hydrogen) atoms. The van der Waals surface area contributed by atoms with Crippen molar-refractivity contribution in [1.29, 1.82) is 0 Å². The van der Waals surface area contributed by atoms with Crippen molar-refractivity contribution < 1.29 is 28.6 Å². The van der Waals surface area contributed by atoms with E-state index >= 15 is 0 Å². The molecule has 0 heterocycles. The molecule has 0 aromatic rings. The second kappa shape index (κ2) is 11.0. The highest BCUT2D eigenvalue weighted by Gasteiger charge is 2.25. The molecule has 0 fully saturated rings. The van der Waals surface area contributed by atoms with Crippen molar-refractivity contribution in [3.8, 4) is 0 Å². The van der Waals surface area contributed by atoms with Gasteiger partial charge in [-0.1, -0.05) is 27.4 Å². The van der Waals surface area contributed by atoms with Crippen LogP contribution in [0.1, 0.15) is 41.0 Å². The minimum atomic E-state index is -1.03. The van der Waals surface area contributed by atoms with Gasteiger partial charge in [0.25, 0.3) is 0 Å². The van der Waals surface area contributed by atoms with Crippen LogP contribution in [0.5, 0.6) is 0 Å². The lowest BCUT2D eigenvalue weighted by atomic mass is 9.97. The van der Waals surface area contributed by atoms with Crippen LogP contribution in [0.4, 0.5) is 0 Å². The molecule has 0 aromatic heterocycles. The number of rotatable bonds is 10. The second-order valence-corrected chi connectivity index (χ2v) is 7.83. The normalized spacial score (nSPS) is 13.9. The Hall–Kier alpha value is -1.63. The first kappa shape index (κ1) is 21.4. The van der Waals surface area contributed by atoms with Crippen LogP contribution < -0.4 is 0 Å². The van der Waals surface area contributed by atoms with Crippen LogP contribution in [0.3, 0.4) is 0 Å². The highest BCUT2D eigenvalue weighted by molar-refractivity contribution is 6.37. The maximum Gasteiger partial charge on any atom is 0.330 e. The van der Waals surface area contributed by atoms with Crippen molar-refractivity contribution >= 4 is 27.4 Å². The van der Waals surface area contributed by atoms with Crippen LogP contribution in [0.25, 0.3) is 0 Å². The van der Waals surface area contributed by atoms with Crippen molar-refractivity contribution in [3.05, 3.63) is 12.7 Å². The Bertz CT molecular complexity index is 405. The number of carbonyl (C=O) groups is 3. The van der Waals surface area contributed by atoms with E-state index in [1.54, 1.807) is 0 Å². The summed E-state index contributed by atoms with van der Waals surface area (Å²) in [6, 6.07) is 0.715. The largest absolute Gasteiger partial charge is 0.459 e. The third-order valence-electron chi connectivity index (χ3n) is 3.23. The molecule has 132 valence electrons. The fourth-order valence-electron chi connectivity index (χ4n) is 2.16. The van der Waals surface area contributed by atoms with Crippen LogP contribution in [0.15, 0.2) is 12.7 Å². The Morgan fingerprint density at radius 2 is 1.57 bits per heavy atom. The van der Waals surface area contributed by atoms with E-state index < -0.39 is 33.3 Å². The van der Waals surface area contributed by atoms with E-state index in [1.807, 2.05) is 6.92 Å². The SMILES string of the molecule is C=CC(=O)OC(CC(C)C)C(C)C[SiH2]C(OC(C)=O)OC(C)=O. The summed E-state index contributed by atoms with van der Waals surface area (Å²) in [6.45, 7) is 12.1. The maximum atomic E-state index is 11.5. The molecule has 0 radical (unpaired) electrons. The third-order valence-corrected chi connectivity index (χ3v) is 5.27. The number of hydrogen-bond acceptors (Lipinski definition) is 6. The smallest absolute Gasteiger partial charge is 0.330 e. The molecule has 0 spiro atoms. The molecule has 0 rings (SSSR count). The van der Waals surface area contributed by atoms with Crippen LogP contribution >= 0.6 is 0 Å². The first-order valence-electron chi connectivity index (χ1n) is 7.83. The average molecular weight is 344 g/mol. The Kier molecular flexibility index (Phi) is 10.2. The Morgan fingerprint density at radius 1 is 1.04 bits per heavy atom. The van der Waals surface area contributed by atoms with E-state index in [9.17, 15) is 14.4 Å². The number of carbonyl (C=O) groups excluding carboxylic acids is 3. The summed E-state index contributed by atoms with van der Waals surface area (Å²) in [5, 5.41) is 0. The first-order valence-corrected chi connectivity index (χ1v) is 9.64. The topological polar surface area (TPSA) is 78.9 Å². The summed E-state index contributed by atoms with van der Waals surface area (Å²) in [5.41, 5.74) is 0. The molecule has 0 aliphatic rings. The predicted octanol–water partition coefficient (Wildman–Crippen LogP) is 1.76. The molecule has 0 amide bonds. The molecule has 6 nitrogen and oxygen atoms in total. The fraction of sp³-hybridized carbons (Fsp3) is 0.688. The van der Waals surface area contributed by atoms with Gasteiger partial charge in [-0.05, 0) is 24.3 Å². The number of ether oxygens (including phenoxy) is 3. The zero-order valence-corrected chi connectivity index (χ0v) is 16.1. The Labute approximate surface area is 140 Å². The van der Waals surface area contributed by atoms with Crippen LogP contribution in [-0.4, -0.2) is 39.4 Å². The van der Waals surface area contributed by atoms with Crippen LogP contribution in [-0.2, 0) is 28.6 Å². The van der Waals surface area contributed by atoms with E-state index in [4.69, 9.17) is 14.2 Å². The minimum Gasteiger partial charge on any atom is -0.459 e. The van der Waals surface area contributed by atoms with E-state index in [-0.39, 0.29) is 12.0 Å². The fourth-order valence-corrected chi connectivity index (χ4v) is 4.03. The zero-order valence-electron chi connectivity index (χ0n) is 14.7. The van der Waals surface area contributed by atoms with Crippen LogP contribution in [0, 0.1) is 11.8 Å². The summed E-state index contributed by atoms with van der Waals surface area (Å²) < 4.78 is 15.5. The minimum absolute atomic E-state index is 0.0848. The lowest BCUT2D eigenvalue weighted by molar-refractivity contribution is -0.171. The average Bonchev–Trinajstić information content (AvgIpc) is 2.41. The molecule has 0 bridgehead atoms. The van der Waals surface area contributed by atoms with E-state index in [0.717, 1.165) is 12.5 Å². The molecule has 2 atom stereocenters. The van der Waals surface area contributed by atoms with Gasteiger partial charge >= 0.3 is 17.9 Å². The van der Waals surface area contributed by atoms with E-state index in [1.165, 1.54) is 13.8 Å². The van der Waals surface area contributed by atoms with Crippen molar-refractivity contribution in [2.45, 2.75) is 59.1 Å². The molecule has 0 saturated heterocycles. The van der Waals surface area contributed by atoms with Gasteiger partial charge < -0.3 is 14.2 Å². The number of hydrogen-bond donors (Lipinski definition) is 0. The van der Waals surface area contributed by atoms with E-state index in [2.05, 4.69) is 20.4 Å². The maximum absolute atomic E-state index is 11.5. The van der Waals surface area contributed by atoms with Crippen molar-refractivity contribution in [2.24, 2.45) is 11.8 Å². The lowest BCUT2D eigenvalue weighted by Crippen LogP contribution is -2.33. The summed E-state index contributed by atoms with van der Waals surface area (Å²) in [7, 11) is -1.03. The standard InChI is InChI=1S/C16H28O6Si/c1-7-15(19)22-14(8-10(2)3)11(4)9-23-16(20-12(5)17)21-13(6)18/h7,10-11,14,16H,1,8-9,23H2,2-6H3. The first-order chi connectivity index (χ1) is 10.6. The molecular formula is C16H28O6Si. The van der Waals surface area contributed by atoms with Crippen molar-refractivity contribution in [3.63, 3.8) is 0 Å². The van der Waals surface area contributed by atoms with Gasteiger partial charge in [0.2, 0.25) is 5.91 Å². The molecule has 0 aromatic carbocycles. The highest BCUT2D eigenvalue weighted by Crippen LogP contribution is 2.21. The summed E-state index contributed by atoms with van der Waals surface area (Å²) >= 11 is 0. The summed E-state index contributed by atoms with van der Waals surface area (Å²) in [4.78, 5) is 33.6. The third kappa shape index (κ3) is 10.7. The molecule has 7 heteroatoms. The second-order valence-electron chi connectivity index (χ2n) is 6.01. The monoisotopic (exact) mass is 344 g/mol. The van der Waals surface area contributed by atoms with Crippen molar-refractivity contribution in [2.75, 3.05) is 0 Å². The van der Waals surface area contributed by atoms with Gasteiger partial charge in [-0.3, -0.25) is 9.59 Å². The molecule has 0 aliphatic carbocycles. The van der Waals surface area contributed by atoms with Crippen molar-refractivity contribution in [1.82, 2.24) is 0 Å². The molecule has 0 aliphatic heterocycles. The van der Waals surface area contributed by atoms with E-state index in [0.29, 0.717) is 12.0 Å². The predicted molar refractivity (Wildman–Crippen MR) is 89.4 cm³/mol. The van der Waals surface area contributed by atoms with Gasteiger partial charge in [0.15, 0.2) is 0 Å². The summed E-state index contributed by atoms with van der Waals surface area (Å²) in [5.74, 6) is -1.72. The zero-order chi connectivity index (χ0) is 18.0. The number of esters is 3. The van der Waals surface area contributed by atoms with Crippen LogP contribution in [0.2, 0.25) is 6.04 Å². The van der Waals surface area contributed by atoms with Gasteiger partial charge in [0.05, 0.1) is 0 Å². The molecule has 0 N–H and O–H groups in total. The quantitative estimate of drug-likeness (QED) is 0.260. The highest BCUT2D eigenvalue weighted by atomic mass is 28.2. The summed E-state index contributed by atoms with van der Waals surface area (Å²) in [6.07, 6.45) is 1.65. The Morgan fingerprint density at radius 3 is 1.96 bits per heavy atom. The van der Waals surface area contributed by atoms with Gasteiger partial charge in [0.1, 0.15) is 15.6 Å². The van der Waals surface area contributed by atoms with Gasteiger partial charge in [-0.15, -0.1) is 0 Å². The van der Waals surface area contributed by atoms with Gasteiger partial charge in [0, 0.05) is 19.9 Å². The lowest BCUT2D eigenvalue weighted by Gasteiger charge is -2.26. The Balaban J connectivity index is 4.69. The van der Waals surface area contributed by atoms with Gasteiger partial charge in [-0.2, -0.15) is 0 Å². The molecule has 2 unspecified atom stereocenters. The molecular weight excluding hydrogens is 316 g/mol.